The monoisotopic (exact) mass is 532 g/mol. The molecule has 1 amide bonds. The summed E-state index contributed by atoms with van der Waals surface area (Å²) in [6.07, 6.45) is 2.29. The van der Waals surface area contributed by atoms with Gasteiger partial charge in [0.05, 0.1) is 37.5 Å². The molecule has 1 spiro atoms. The summed E-state index contributed by atoms with van der Waals surface area (Å²) in [4.78, 5) is 22.0. The fourth-order valence-corrected chi connectivity index (χ4v) is 4.32. The highest BCUT2D eigenvalue weighted by Gasteiger charge is 2.49. The molecule has 1 aliphatic carbocycles. The van der Waals surface area contributed by atoms with Gasteiger partial charge in [0.25, 0.3) is 12.3 Å². The average molecular weight is 533 g/mol. The van der Waals surface area contributed by atoms with E-state index in [2.05, 4.69) is 31.4 Å². The largest absolute Gasteiger partial charge is 0.494 e. The Morgan fingerprint density at radius 2 is 2.05 bits per heavy atom. The second-order valence-electron chi connectivity index (χ2n) is 9.09. The van der Waals surface area contributed by atoms with E-state index >= 15 is 0 Å². The molecule has 0 aromatic carbocycles. The van der Waals surface area contributed by atoms with Crippen LogP contribution in [0.25, 0.3) is 11.1 Å². The van der Waals surface area contributed by atoms with Crippen molar-refractivity contribution < 1.29 is 24.5 Å². The van der Waals surface area contributed by atoms with Gasteiger partial charge in [0.2, 0.25) is 0 Å². The molecule has 0 atom stereocenters. The average Bonchev–Trinajstić information content (AvgIpc) is 3.65. The van der Waals surface area contributed by atoms with Gasteiger partial charge < -0.3 is 20.1 Å². The van der Waals surface area contributed by atoms with E-state index in [-0.39, 0.29) is 18.2 Å². The van der Waals surface area contributed by atoms with Gasteiger partial charge in [-0.15, -0.1) is 0 Å². The Labute approximate surface area is 219 Å². The van der Waals surface area contributed by atoms with Crippen LogP contribution < -0.4 is 20.1 Å². The number of pyridine rings is 2. The molecule has 2 aromatic heterocycles. The second kappa shape index (κ2) is 11.4. The van der Waals surface area contributed by atoms with Gasteiger partial charge in [0.15, 0.2) is 5.04 Å². The van der Waals surface area contributed by atoms with Crippen LogP contribution in [-0.4, -0.2) is 61.4 Å². The Kier molecular flexibility index (Phi) is 8.26. The fraction of sp³-hybridized carbons (Fsp3) is 0.440. The van der Waals surface area contributed by atoms with Gasteiger partial charge in [-0.2, -0.15) is 0 Å². The Hall–Kier alpha value is -3.27. The van der Waals surface area contributed by atoms with Gasteiger partial charge >= 0.3 is 0 Å². The highest BCUT2D eigenvalue weighted by Crippen LogP contribution is 2.41. The third kappa shape index (κ3) is 6.36. The molecule has 0 radical (unpaired) electrons. The minimum atomic E-state index is -2.75. The van der Waals surface area contributed by atoms with Crippen LogP contribution in [0.5, 0.6) is 5.75 Å². The topological polar surface area (TPSA) is 126 Å². The van der Waals surface area contributed by atoms with Crippen molar-refractivity contribution in [3.05, 3.63) is 35.8 Å². The van der Waals surface area contributed by atoms with Crippen LogP contribution in [0, 0.1) is 28.6 Å². The first kappa shape index (κ1) is 26.8. The molecule has 1 saturated carbocycles. The molecule has 12 heteroatoms. The number of ether oxygens (including phenoxy) is 2. The molecule has 5 rings (SSSR count). The zero-order valence-electron chi connectivity index (χ0n) is 20.5. The molecule has 198 valence electrons. The van der Waals surface area contributed by atoms with Crippen LogP contribution in [0.2, 0.25) is 0 Å². The number of methoxy groups -OCH3 is 1. The van der Waals surface area contributed by atoms with Gasteiger partial charge in [-0.25, -0.2) is 13.8 Å². The molecule has 3 aliphatic rings. The number of hydrogen-bond donors (Lipinski definition) is 3. The lowest BCUT2D eigenvalue weighted by molar-refractivity contribution is -0.127. The molecular formula is C25H30F2N6O3S. The summed E-state index contributed by atoms with van der Waals surface area (Å²) in [5.74, 6) is 6.59. The number of carbonyl (C=O) groups excluding carboxylic acids is 1. The summed E-state index contributed by atoms with van der Waals surface area (Å²) in [5, 5.41) is 7.65. The van der Waals surface area contributed by atoms with Crippen LogP contribution in [0.15, 0.2) is 24.5 Å². The molecule has 4 N–H and O–H groups in total. The SMILES string of the molecule is CNSC(=N)C#CC1CC1.COc1cnc(C(F)F)cc1-c1cc(N2CC3(COC3)C2)ncc1C(N)=O.[HH]. The molecule has 9 nitrogen and oxygen atoms in total. The van der Waals surface area contributed by atoms with Crippen molar-refractivity contribution in [2.75, 3.05) is 45.4 Å². The number of amides is 1. The number of hydrogen-bond acceptors (Lipinski definition) is 9. The number of nitrogens with zero attached hydrogens (tertiary/aromatic N) is 3. The van der Waals surface area contributed by atoms with Crippen LogP contribution in [0.3, 0.4) is 0 Å². The van der Waals surface area contributed by atoms with Crippen LogP contribution in [0.1, 0.15) is 36.7 Å². The van der Waals surface area contributed by atoms with Gasteiger partial charge in [0, 0.05) is 37.8 Å². The van der Waals surface area contributed by atoms with Crippen molar-refractivity contribution in [3.63, 3.8) is 0 Å². The first-order chi connectivity index (χ1) is 17.7. The number of nitrogens with two attached hydrogens (primary N) is 1. The predicted octanol–water partition coefficient (Wildman–Crippen LogP) is 3.52. The summed E-state index contributed by atoms with van der Waals surface area (Å²) in [5.41, 5.74) is 6.09. The van der Waals surface area contributed by atoms with E-state index in [1.165, 1.54) is 50.4 Å². The minimum absolute atomic E-state index is 0. The maximum absolute atomic E-state index is 13.1. The number of alkyl halides is 2. The van der Waals surface area contributed by atoms with Crippen LogP contribution in [0.4, 0.5) is 14.6 Å². The number of anilines is 1. The van der Waals surface area contributed by atoms with Crippen molar-refractivity contribution in [1.29, 1.82) is 5.41 Å². The number of halogens is 2. The van der Waals surface area contributed by atoms with Crippen LogP contribution >= 0.6 is 11.9 Å². The standard InChI is InChI=1S/C18H18F2N4O3.C7H10N2S.H2/c1-26-14-5-22-13(16(19)20)2-11(14)10-3-15(23-4-12(10)17(21)25)24-6-18(7-24)8-27-9-18;1-9-10-7(8)5-4-6-2-3-6;/h2-5,16H,6-9H2,1H3,(H2,21,25);6,8-9H,2-3H2,1H3;1H. The van der Waals surface area contributed by atoms with Gasteiger partial charge in [-0.1, -0.05) is 5.92 Å². The maximum Gasteiger partial charge on any atom is 0.280 e. The summed E-state index contributed by atoms with van der Waals surface area (Å²) in [7, 11) is 3.20. The zero-order chi connectivity index (χ0) is 26.6. The number of aromatic nitrogens is 2. The van der Waals surface area contributed by atoms with Crippen molar-refractivity contribution in [2.45, 2.75) is 19.3 Å². The number of carbonyl (C=O) groups is 1. The summed E-state index contributed by atoms with van der Waals surface area (Å²) in [6.45, 7) is 3.05. The zero-order valence-corrected chi connectivity index (χ0v) is 21.3. The summed E-state index contributed by atoms with van der Waals surface area (Å²) < 4.78 is 39.6. The van der Waals surface area contributed by atoms with Gasteiger partial charge in [-0.3, -0.25) is 19.9 Å². The highest BCUT2D eigenvalue weighted by atomic mass is 32.2. The molecular weight excluding hydrogens is 502 g/mol. The molecule has 0 bridgehead atoms. The van der Waals surface area contributed by atoms with Crippen molar-refractivity contribution in [3.8, 4) is 28.7 Å². The number of nitrogens with one attached hydrogen (secondary N) is 2. The van der Waals surface area contributed by atoms with Crippen molar-refractivity contribution >= 4 is 28.7 Å². The molecule has 37 heavy (non-hydrogen) atoms. The molecule has 3 fully saturated rings. The smallest absolute Gasteiger partial charge is 0.280 e. The third-order valence-corrected chi connectivity index (χ3v) is 6.65. The lowest BCUT2D eigenvalue weighted by atomic mass is 9.78. The molecule has 2 aromatic rings. The molecule has 2 saturated heterocycles. The normalized spacial score (nSPS) is 17.1. The first-order valence-corrected chi connectivity index (χ1v) is 12.5. The third-order valence-electron chi connectivity index (χ3n) is 6.14. The lowest BCUT2D eigenvalue weighted by Gasteiger charge is -2.55. The second-order valence-corrected chi connectivity index (χ2v) is 10.1. The van der Waals surface area contributed by atoms with E-state index < -0.39 is 18.0 Å². The predicted molar refractivity (Wildman–Crippen MR) is 140 cm³/mol. The molecule has 4 heterocycles. The minimum Gasteiger partial charge on any atom is -0.494 e. The molecule has 2 aliphatic heterocycles. The number of primary amides is 1. The quantitative estimate of drug-likeness (QED) is 0.223. The van der Waals surface area contributed by atoms with Gasteiger partial charge in [0.1, 0.15) is 17.3 Å². The fourth-order valence-electron chi connectivity index (χ4n) is 4.01. The highest BCUT2D eigenvalue weighted by molar-refractivity contribution is 8.12. The lowest BCUT2D eigenvalue weighted by Crippen LogP contribution is -2.66. The van der Waals surface area contributed by atoms with Crippen molar-refractivity contribution in [2.24, 2.45) is 17.1 Å². The van der Waals surface area contributed by atoms with E-state index in [1.54, 1.807) is 13.1 Å². The number of rotatable bonds is 6. The van der Waals surface area contributed by atoms with Crippen molar-refractivity contribution in [1.82, 2.24) is 14.7 Å². The summed E-state index contributed by atoms with van der Waals surface area (Å²) in [6, 6.07) is 2.89. The van der Waals surface area contributed by atoms with E-state index in [4.69, 9.17) is 20.6 Å². The Morgan fingerprint density at radius 3 is 2.59 bits per heavy atom. The Morgan fingerprint density at radius 1 is 1.32 bits per heavy atom. The first-order valence-electron chi connectivity index (χ1n) is 11.6. The Balaban J connectivity index is 0.000000308. The van der Waals surface area contributed by atoms with E-state index in [0.717, 1.165) is 26.3 Å². The Bertz CT molecular complexity index is 1240. The summed E-state index contributed by atoms with van der Waals surface area (Å²) >= 11 is 1.26. The van der Waals surface area contributed by atoms with Crippen LogP contribution in [-0.2, 0) is 4.74 Å². The maximum atomic E-state index is 13.1. The van der Waals surface area contributed by atoms with E-state index in [1.807, 2.05) is 0 Å². The molecule has 0 unspecified atom stereocenters. The van der Waals surface area contributed by atoms with Gasteiger partial charge in [-0.05, 0) is 49.9 Å². The van der Waals surface area contributed by atoms with E-state index in [9.17, 15) is 13.6 Å². The van der Waals surface area contributed by atoms with E-state index in [0.29, 0.717) is 27.9 Å².